The van der Waals surface area contributed by atoms with Crippen LogP contribution >= 0.6 is 0 Å². The summed E-state index contributed by atoms with van der Waals surface area (Å²) in [6.07, 6.45) is -0.711. The van der Waals surface area contributed by atoms with Crippen LogP contribution in [0, 0.1) is 0 Å². The van der Waals surface area contributed by atoms with Crippen molar-refractivity contribution in [2.75, 3.05) is 6.61 Å². The molecule has 5 nitrogen and oxygen atoms in total. The first-order chi connectivity index (χ1) is 5.41. The number of amides is 1. The van der Waals surface area contributed by atoms with Crippen molar-refractivity contribution in [3.05, 3.63) is 12.2 Å². The highest BCUT2D eigenvalue weighted by atomic mass is 16.5. The van der Waals surface area contributed by atoms with Gasteiger partial charge in [-0.3, -0.25) is 0 Å². The fourth-order valence-electron chi connectivity index (χ4n) is 0.142. The summed E-state index contributed by atoms with van der Waals surface area (Å²) in [6, 6.07) is 0. The molecule has 0 aliphatic heterocycles. The Morgan fingerprint density at radius 1 is 1.58 bits per heavy atom. The fourth-order valence-corrected chi connectivity index (χ4v) is 0.142. The molecule has 3 N–H and O–H groups in total. The maximum Gasteiger partial charge on any atom is 0.404 e. The van der Waals surface area contributed by atoms with Gasteiger partial charge >= 0.3 is 12.1 Å². The van der Waals surface area contributed by atoms with Crippen LogP contribution in [-0.4, -0.2) is 23.8 Å². The van der Waals surface area contributed by atoms with Crippen LogP contribution in [-0.2, 0) is 9.53 Å². The van der Waals surface area contributed by atoms with E-state index in [1.807, 2.05) is 0 Å². The average molecular weight is 175 g/mol. The minimum Gasteiger partial charge on any atom is -0.478 e. The molecular weight excluding hydrogens is 162 g/mol. The number of aliphatic carboxylic acids is 1. The minimum atomic E-state index is -0.935. The summed E-state index contributed by atoms with van der Waals surface area (Å²) in [5.74, 6) is -0.935. The number of hydrogen-bond acceptors (Lipinski definition) is 3. The molecule has 0 aliphatic carbocycles. The van der Waals surface area contributed by atoms with E-state index in [1.165, 1.54) is 6.92 Å². The van der Waals surface area contributed by atoms with Crippen LogP contribution in [0.1, 0.15) is 13.8 Å². The average Bonchev–Trinajstić information content (AvgIpc) is 1.87. The second-order valence-electron chi connectivity index (χ2n) is 1.84. The van der Waals surface area contributed by atoms with Crippen LogP contribution < -0.4 is 5.73 Å². The van der Waals surface area contributed by atoms with Gasteiger partial charge in [-0.2, -0.15) is 0 Å². The van der Waals surface area contributed by atoms with Gasteiger partial charge in [-0.15, -0.1) is 0 Å². The van der Waals surface area contributed by atoms with Crippen molar-refractivity contribution >= 4 is 12.1 Å². The maximum absolute atomic E-state index is 9.60. The van der Waals surface area contributed by atoms with Crippen LogP contribution in [0.4, 0.5) is 4.79 Å². The van der Waals surface area contributed by atoms with Gasteiger partial charge in [-0.25, -0.2) is 9.59 Å². The quantitative estimate of drug-likeness (QED) is 0.606. The SMILES string of the molecule is C=C(C)C(=O)O.CCOC(N)=O. The van der Waals surface area contributed by atoms with E-state index in [4.69, 9.17) is 5.11 Å². The molecular formula is C7H13NO4. The highest BCUT2D eigenvalue weighted by Crippen LogP contribution is 1.81. The van der Waals surface area contributed by atoms with Gasteiger partial charge < -0.3 is 15.6 Å². The normalized spacial score (nSPS) is 7.50. The van der Waals surface area contributed by atoms with Crippen molar-refractivity contribution in [2.24, 2.45) is 5.73 Å². The van der Waals surface area contributed by atoms with Crippen LogP contribution in [0.25, 0.3) is 0 Å². The first-order valence-electron chi connectivity index (χ1n) is 3.22. The maximum atomic E-state index is 9.60. The fraction of sp³-hybridized carbons (Fsp3) is 0.429. The Balaban J connectivity index is 0. The van der Waals surface area contributed by atoms with Crippen LogP contribution in [0.5, 0.6) is 0 Å². The lowest BCUT2D eigenvalue weighted by atomic mass is 10.4. The number of ether oxygens (including phenoxy) is 1. The van der Waals surface area contributed by atoms with Gasteiger partial charge in [0.05, 0.1) is 6.61 Å². The van der Waals surface area contributed by atoms with Crippen molar-refractivity contribution in [1.29, 1.82) is 0 Å². The molecule has 0 aromatic carbocycles. The molecule has 0 fully saturated rings. The highest BCUT2D eigenvalue weighted by Gasteiger charge is 1.90. The molecule has 0 spiro atoms. The predicted octanol–water partition coefficient (Wildman–Crippen LogP) is 0.749. The topological polar surface area (TPSA) is 89.6 Å². The van der Waals surface area contributed by atoms with Gasteiger partial charge in [0, 0.05) is 5.57 Å². The summed E-state index contributed by atoms with van der Waals surface area (Å²) >= 11 is 0. The zero-order valence-corrected chi connectivity index (χ0v) is 7.16. The predicted molar refractivity (Wildman–Crippen MR) is 43.7 cm³/mol. The molecule has 12 heavy (non-hydrogen) atoms. The number of carboxylic acid groups (broad SMARTS) is 1. The molecule has 0 aliphatic rings. The molecule has 0 rings (SSSR count). The van der Waals surface area contributed by atoms with E-state index in [0.29, 0.717) is 6.61 Å². The third kappa shape index (κ3) is 15.8. The summed E-state index contributed by atoms with van der Waals surface area (Å²) in [5, 5.41) is 7.89. The van der Waals surface area contributed by atoms with Gasteiger partial charge in [-0.1, -0.05) is 6.58 Å². The number of primary amides is 1. The Morgan fingerprint density at radius 3 is 1.92 bits per heavy atom. The van der Waals surface area contributed by atoms with E-state index in [0.717, 1.165) is 0 Å². The summed E-state index contributed by atoms with van der Waals surface area (Å²) in [6.45, 7) is 6.66. The lowest BCUT2D eigenvalue weighted by molar-refractivity contribution is -0.132. The van der Waals surface area contributed by atoms with E-state index < -0.39 is 12.1 Å². The highest BCUT2D eigenvalue weighted by molar-refractivity contribution is 5.84. The second kappa shape index (κ2) is 7.59. The number of nitrogens with two attached hydrogens (primary N) is 1. The third-order valence-electron chi connectivity index (χ3n) is 0.652. The summed E-state index contributed by atoms with van der Waals surface area (Å²) in [7, 11) is 0. The Hall–Kier alpha value is -1.52. The summed E-state index contributed by atoms with van der Waals surface area (Å²) in [4.78, 5) is 19.2. The molecule has 0 aromatic rings. The molecule has 5 heteroatoms. The zero-order chi connectivity index (χ0) is 10.1. The van der Waals surface area contributed by atoms with Crippen molar-refractivity contribution in [3.63, 3.8) is 0 Å². The minimum absolute atomic E-state index is 0.176. The number of carbonyl (C=O) groups excluding carboxylic acids is 1. The number of hydrogen-bond donors (Lipinski definition) is 2. The molecule has 0 bridgehead atoms. The molecule has 0 saturated heterocycles. The Labute approximate surface area is 70.8 Å². The lowest BCUT2D eigenvalue weighted by Gasteiger charge is -1.89. The van der Waals surface area contributed by atoms with Crippen molar-refractivity contribution in [3.8, 4) is 0 Å². The molecule has 0 atom stereocenters. The number of rotatable bonds is 2. The van der Waals surface area contributed by atoms with Gasteiger partial charge in [0.2, 0.25) is 0 Å². The molecule has 0 heterocycles. The summed E-state index contributed by atoms with van der Waals surface area (Å²) < 4.78 is 4.18. The molecule has 0 saturated carbocycles. The number of carboxylic acids is 1. The second-order valence-corrected chi connectivity index (χ2v) is 1.84. The molecule has 0 radical (unpaired) electrons. The molecule has 1 amide bonds. The Bertz CT molecular complexity index is 164. The van der Waals surface area contributed by atoms with E-state index in [1.54, 1.807) is 6.92 Å². The van der Waals surface area contributed by atoms with Crippen molar-refractivity contribution in [2.45, 2.75) is 13.8 Å². The van der Waals surface area contributed by atoms with E-state index in [-0.39, 0.29) is 5.57 Å². The van der Waals surface area contributed by atoms with Crippen LogP contribution in [0.3, 0.4) is 0 Å². The van der Waals surface area contributed by atoms with Gasteiger partial charge in [0.15, 0.2) is 0 Å². The molecule has 0 aromatic heterocycles. The monoisotopic (exact) mass is 175 g/mol. The first kappa shape index (κ1) is 13.1. The molecule has 0 unspecified atom stereocenters. The smallest absolute Gasteiger partial charge is 0.404 e. The van der Waals surface area contributed by atoms with Crippen molar-refractivity contribution in [1.82, 2.24) is 0 Å². The standard InChI is InChI=1S/C4H6O2.C3H7NO2/c1-3(2)4(5)6;1-2-6-3(4)5/h1H2,2H3,(H,5,6);2H2,1H3,(H2,4,5). The van der Waals surface area contributed by atoms with E-state index >= 15 is 0 Å². The Kier molecular flexibility index (Phi) is 8.28. The van der Waals surface area contributed by atoms with E-state index in [2.05, 4.69) is 17.0 Å². The lowest BCUT2D eigenvalue weighted by Crippen LogP contribution is -2.11. The van der Waals surface area contributed by atoms with E-state index in [9.17, 15) is 9.59 Å². The molecule has 70 valence electrons. The zero-order valence-electron chi connectivity index (χ0n) is 7.16. The van der Waals surface area contributed by atoms with Gasteiger partial charge in [-0.05, 0) is 13.8 Å². The first-order valence-corrected chi connectivity index (χ1v) is 3.22. The van der Waals surface area contributed by atoms with Gasteiger partial charge in [0.1, 0.15) is 0 Å². The number of carbonyl (C=O) groups is 2. The Morgan fingerprint density at radius 2 is 1.92 bits per heavy atom. The van der Waals surface area contributed by atoms with Crippen molar-refractivity contribution < 1.29 is 19.4 Å². The van der Waals surface area contributed by atoms with Gasteiger partial charge in [0.25, 0.3) is 0 Å². The summed E-state index contributed by atoms with van der Waals surface area (Å²) in [5.41, 5.74) is 4.72. The van der Waals surface area contributed by atoms with Crippen LogP contribution in [0.15, 0.2) is 12.2 Å². The third-order valence-corrected chi connectivity index (χ3v) is 0.652. The largest absolute Gasteiger partial charge is 0.478 e. The van der Waals surface area contributed by atoms with Crippen LogP contribution in [0.2, 0.25) is 0 Å².